The van der Waals surface area contributed by atoms with E-state index >= 15 is 0 Å². The van der Waals surface area contributed by atoms with Gasteiger partial charge < -0.3 is 15.0 Å². The number of aromatic nitrogens is 1. The molecule has 0 saturated carbocycles. The highest BCUT2D eigenvalue weighted by atomic mass is 35.5. The molecule has 0 atom stereocenters. The van der Waals surface area contributed by atoms with Gasteiger partial charge in [0.05, 0.1) is 17.4 Å². The Bertz CT molecular complexity index is 855. The minimum Gasteiger partial charge on any atom is -0.489 e. The molecule has 1 amide bonds. The zero-order valence-corrected chi connectivity index (χ0v) is 13.6. The molecular formula is C18H17ClN2O2. The largest absolute Gasteiger partial charge is 0.489 e. The first-order valence-corrected chi connectivity index (χ1v) is 7.76. The molecule has 2 N–H and O–H groups in total. The molecule has 2 aromatic carbocycles. The van der Waals surface area contributed by atoms with Gasteiger partial charge >= 0.3 is 0 Å². The first kappa shape index (κ1) is 15.4. The Morgan fingerprint density at radius 2 is 2.00 bits per heavy atom. The van der Waals surface area contributed by atoms with Gasteiger partial charge in [-0.05, 0) is 44.2 Å². The van der Waals surface area contributed by atoms with E-state index in [1.807, 2.05) is 44.2 Å². The van der Waals surface area contributed by atoms with Crippen LogP contribution in [0.1, 0.15) is 24.2 Å². The lowest BCUT2D eigenvalue weighted by atomic mass is 10.1. The summed E-state index contributed by atoms with van der Waals surface area (Å²) < 4.78 is 5.73. The van der Waals surface area contributed by atoms with Crippen molar-refractivity contribution in [1.82, 2.24) is 4.98 Å². The van der Waals surface area contributed by atoms with Crippen molar-refractivity contribution in [1.29, 1.82) is 0 Å². The van der Waals surface area contributed by atoms with Crippen LogP contribution in [-0.2, 0) is 0 Å². The molecule has 1 heterocycles. The molecule has 0 aliphatic carbocycles. The molecule has 0 aliphatic rings. The summed E-state index contributed by atoms with van der Waals surface area (Å²) in [5.41, 5.74) is 2.05. The van der Waals surface area contributed by atoms with Gasteiger partial charge in [0.1, 0.15) is 5.75 Å². The van der Waals surface area contributed by atoms with Crippen molar-refractivity contribution in [3.05, 3.63) is 59.2 Å². The Hall–Kier alpha value is -2.46. The number of halogens is 1. The highest BCUT2D eigenvalue weighted by molar-refractivity contribution is 6.31. The lowest BCUT2D eigenvalue weighted by Gasteiger charge is -2.14. The van der Waals surface area contributed by atoms with Crippen LogP contribution in [0.4, 0.5) is 5.69 Å². The lowest BCUT2D eigenvalue weighted by molar-refractivity contribution is 0.102. The summed E-state index contributed by atoms with van der Waals surface area (Å²) in [4.78, 5) is 15.7. The van der Waals surface area contributed by atoms with Crippen LogP contribution in [0.5, 0.6) is 5.75 Å². The number of amides is 1. The number of para-hydroxylation sites is 2. The molecule has 3 rings (SSSR count). The maximum Gasteiger partial charge on any atom is 0.257 e. The second-order valence-electron chi connectivity index (χ2n) is 5.51. The Morgan fingerprint density at radius 1 is 1.22 bits per heavy atom. The molecule has 0 radical (unpaired) electrons. The normalized spacial score (nSPS) is 11.0. The highest BCUT2D eigenvalue weighted by Gasteiger charge is 2.15. The molecule has 0 aliphatic heterocycles. The predicted molar refractivity (Wildman–Crippen MR) is 93.5 cm³/mol. The van der Waals surface area contributed by atoms with Gasteiger partial charge in [-0.2, -0.15) is 0 Å². The molecule has 118 valence electrons. The van der Waals surface area contributed by atoms with E-state index in [9.17, 15) is 4.79 Å². The molecular weight excluding hydrogens is 312 g/mol. The topological polar surface area (TPSA) is 54.1 Å². The first-order chi connectivity index (χ1) is 11.0. The summed E-state index contributed by atoms with van der Waals surface area (Å²) in [6.07, 6.45) is 1.71. The summed E-state index contributed by atoms with van der Waals surface area (Å²) in [5, 5.41) is 4.28. The SMILES string of the molecule is CC(C)Oc1ccccc1NC(=O)c1c[nH]c2ccc(Cl)cc12. The second-order valence-corrected chi connectivity index (χ2v) is 5.95. The van der Waals surface area contributed by atoms with Crippen molar-refractivity contribution in [3.63, 3.8) is 0 Å². The zero-order valence-electron chi connectivity index (χ0n) is 12.9. The van der Waals surface area contributed by atoms with E-state index in [1.165, 1.54) is 0 Å². The van der Waals surface area contributed by atoms with Crippen LogP contribution in [0.15, 0.2) is 48.7 Å². The van der Waals surface area contributed by atoms with Gasteiger partial charge in [-0.15, -0.1) is 0 Å². The number of hydrogen-bond donors (Lipinski definition) is 2. The molecule has 0 saturated heterocycles. The van der Waals surface area contributed by atoms with Crippen molar-refractivity contribution in [2.75, 3.05) is 5.32 Å². The van der Waals surface area contributed by atoms with Crippen molar-refractivity contribution in [2.45, 2.75) is 20.0 Å². The Labute approximate surface area is 139 Å². The van der Waals surface area contributed by atoms with E-state index < -0.39 is 0 Å². The third-order valence-electron chi connectivity index (χ3n) is 3.39. The summed E-state index contributed by atoms with van der Waals surface area (Å²) in [6.45, 7) is 3.89. The number of anilines is 1. The monoisotopic (exact) mass is 328 g/mol. The number of hydrogen-bond acceptors (Lipinski definition) is 2. The van der Waals surface area contributed by atoms with Crippen molar-refractivity contribution >= 4 is 34.1 Å². The van der Waals surface area contributed by atoms with Crippen LogP contribution in [0, 0.1) is 0 Å². The van der Waals surface area contributed by atoms with Gasteiger partial charge in [-0.1, -0.05) is 23.7 Å². The van der Waals surface area contributed by atoms with E-state index in [4.69, 9.17) is 16.3 Å². The summed E-state index contributed by atoms with van der Waals surface area (Å²) >= 11 is 6.03. The minimum absolute atomic E-state index is 0.0277. The fraction of sp³-hybridized carbons (Fsp3) is 0.167. The van der Waals surface area contributed by atoms with E-state index in [1.54, 1.807) is 18.3 Å². The van der Waals surface area contributed by atoms with Crippen LogP contribution >= 0.6 is 11.6 Å². The standard InChI is InChI=1S/C18H17ClN2O2/c1-11(2)23-17-6-4-3-5-16(17)21-18(22)14-10-20-15-8-7-12(19)9-13(14)15/h3-11,20H,1-2H3,(H,21,22). The molecule has 23 heavy (non-hydrogen) atoms. The molecule has 1 aromatic heterocycles. The fourth-order valence-electron chi connectivity index (χ4n) is 2.40. The van der Waals surface area contributed by atoms with Crippen LogP contribution in [0.2, 0.25) is 5.02 Å². The summed E-state index contributed by atoms with van der Waals surface area (Å²) in [7, 11) is 0. The average Bonchev–Trinajstić information content (AvgIpc) is 2.91. The smallest absolute Gasteiger partial charge is 0.257 e. The fourth-order valence-corrected chi connectivity index (χ4v) is 2.57. The summed E-state index contributed by atoms with van der Waals surface area (Å²) in [6, 6.07) is 12.8. The number of H-pyrrole nitrogens is 1. The number of benzene rings is 2. The first-order valence-electron chi connectivity index (χ1n) is 7.38. The van der Waals surface area contributed by atoms with Gasteiger partial charge in [-0.25, -0.2) is 0 Å². The van der Waals surface area contributed by atoms with Crippen molar-refractivity contribution in [3.8, 4) is 5.75 Å². The number of aromatic amines is 1. The lowest BCUT2D eigenvalue weighted by Crippen LogP contribution is -2.14. The Morgan fingerprint density at radius 3 is 2.78 bits per heavy atom. The molecule has 0 bridgehead atoms. The number of fused-ring (bicyclic) bond motifs is 1. The molecule has 4 nitrogen and oxygen atoms in total. The summed E-state index contributed by atoms with van der Waals surface area (Å²) in [5.74, 6) is 0.437. The number of nitrogens with one attached hydrogen (secondary N) is 2. The quantitative estimate of drug-likeness (QED) is 0.718. The zero-order chi connectivity index (χ0) is 16.4. The predicted octanol–water partition coefficient (Wildman–Crippen LogP) is 4.86. The van der Waals surface area contributed by atoms with Crippen LogP contribution in [0.25, 0.3) is 10.9 Å². The third kappa shape index (κ3) is 3.32. The van der Waals surface area contributed by atoms with E-state index in [-0.39, 0.29) is 12.0 Å². The van der Waals surface area contributed by atoms with Crippen LogP contribution in [-0.4, -0.2) is 17.0 Å². The van der Waals surface area contributed by atoms with E-state index in [0.717, 1.165) is 10.9 Å². The molecule has 5 heteroatoms. The maximum atomic E-state index is 12.6. The second kappa shape index (κ2) is 6.34. The van der Waals surface area contributed by atoms with E-state index in [2.05, 4.69) is 10.3 Å². The Kier molecular flexibility index (Phi) is 4.26. The number of rotatable bonds is 4. The van der Waals surface area contributed by atoms with Gasteiger partial charge in [-0.3, -0.25) is 4.79 Å². The number of carbonyl (C=O) groups is 1. The minimum atomic E-state index is -0.210. The van der Waals surface area contributed by atoms with Crippen molar-refractivity contribution in [2.24, 2.45) is 0 Å². The van der Waals surface area contributed by atoms with Crippen LogP contribution in [0.3, 0.4) is 0 Å². The number of carbonyl (C=O) groups excluding carboxylic acids is 1. The van der Waals surface area contributed by atoms with Gasteiger partial charge in [0.2, 0.25) is 0 Å². The van der Waals surface area contributed by atoms with Gasteiger partial charge in [0, 0.05) is 22.1 Å². The molecule has 0 spiro atoms. The van der Waals surface area contributed by atoms with Crippen molar-refractivity contribution < 1.29 is 9.53 Å². The van der Waals surface area contributed by atoms with E-state index in [0.29, 0.717) is 22.0 Å². The maximum absolute atomic E-state index is 12.6. The highest BCUT2D eigenvalue weighted by Crippen LogP contribution is 2.27. The molecule has 3 aromatic rings. The average molecular weight is 329 g/mol. The molecule has 0 unspecified atom stereocenters. The number of ether oxygens (including phenoxy) is 1. The van der Waals surface area contributed by atoms with Gasteiger partial charge in [0.25, 0.3) is 5.91 Å². The van der Waals surface area contributed by atoms with Crippen LogP contribution < -0.4 is 10.1 Å². The van der Waals surface area contributed by atoms with Gasteiger partial charge in [0.15, 0.2) is 0 Å². The third-order valence-corrected chi connectivity index (χ3v) is 3.62. The molecule has 0 fully saturated rings. The Balaban J connectivity index is 1.91.